The number of carbonyl (C=O) groups excluding carboxylic acids is 1. The quantitative estimate of drug-likeness (QED) is 0.625. The number of nitrogens with zero attached hydrogens (tertiary/aromatic N) is 1. The third-order valence-electron chi connectivity index (χ3n) is 5.38. The fraction of sp³-hybridized carbons (Fsp3) is 0.381. The minimum Gasteiger partial charge on any atom is -0.352 e. The molecular formula is C21H20F6N2O3S. The van der Waals surface area contributed by atoms with Crippen molar-refractivity contribution in [2.45, 2.75) is 36.6 Å². The summed E-state index contributed by atoms with van der Waals surface area (Å²) in [7, 11) is -4.41. The van der Waals surface area contributed by atoms with Gasteiger partial charge in [0.1, 0.15) is 0 Å². The van der Waals surface area contributed by atoms with E-state index < -0.39 is 50.2 Å². The molecule has 1 heterocycles. The molecule has 0 spiro atoms. The molecule has 5 nitrogen and oxygen atoms in total. The highest BCUT2D eigenvalue weighted by Gasteiger charge is 2.40. The Kier molecular flexibility index (Phi) is 7.08. The molecule has 1 amide bonds. The summed E-state index contributed by atoms with van der Waals surface area (Å²) in [6, 6.07) is 8.23. The Balaban J connectivity index is 1.59. The lowest BCUT2D eigenvalue weighted by Crippen LogP contribution is -2.43. The summed E-state index contributed by atoms with van der Waals surface area (Å²) in [6.07, 6.45) is -9.09. The SMILES string of the molecule is O=C(NCc1ccc(C(F)(F)F)cc1)C1CCN(S(=O)(=O)c2ccccc2C(F)(F)F)CC1. The van der Waals surface area contributed by atoms with Gasteiger partial charge in [-0.05, 0) is 42.7 Å². The Morgan fingerprint density at radius 3 is 2.03 bits per heavy atom. The third-order valence-corrected chi connectivity index (χ3v) is 7.34. The number of nitrogens with one attached hydrogen (secondary N) is 1. The number of rotatable bonds is 5. The zero-order valence-corrected chi connectivity index (χ0v) is 17.9. The van der Waals surface area contributed by atoms with E-state index in [0.29, 0.717) is 11.6 Å². The van der Waals surface area contributed by atoms with Crippen LogP contribution in [-0.2, 0) is 33.7 Å². The molecule has 0 saturated carbocycles. The normalized spacial score (nSPS) is 16.5. The number of sulfonamides is 1. The maximum atomic E-state index is 13.2. The third kappa shape index (κ3) is 5.85. The Hall–Kier alpha value is -2.60. The minimum absolute atomic E-state index is 0.00551. The minimum atomic E-state index is -4.83. The van der Waals surface area contributed by atoms with Crippen molar-refractivity contribution < 1.29 is 39.6 Å². The summed E-state index contributed by atoms with van der Waals surface area (Å²) < 4.78 is 104. The molecule has 3 rings (SSSR count). The molecule has 1 aliphatic rings. The number of alkyl halides is 6. The van der Waals surface area contributed by atoms with Gasteiger partial charge in [0.25, 0.3) is 0 Å². The van der Waals surface area contributed by atoms with Crippen LogP contribution in [0, 0.1) is 5.92 Å². The van der Waals surface area contributed by atoms with Gasteiger partial charge in [0.05, 0.1) is 16.0 Å². The van der Waals surface area contributed by atoms with E-state index in [1.54, 1.807) is 0 Å². The fourth-order valence-corrected chi connectivity index (χ4v) is 5.25. The highest BCUT2D eigenvalue weighted by molar-refractivity contribution is 7.89. The second-order valence-corrected chi connectivity index (χ2v) is 9.49. The number of hydrogen-bond acceptors (Lipinski definition) is 3. The summed E-state index contributed by atoms with van der Waals surface area (Å²) in [5.41, 5.74) is -1.60. The molecule has 1 N–H and O–H groups in total. The van der Waals surface area contributed by atoms with E-state index in [1.165, 1.54) is 18.2 Å². The number of carbonyl (C=O) groups is 1. The topological polar surface area (TPSA) is 66.5 Å². The zero-order valence-electron chi connectivity index (χ0n) is 17.1. The van der Waals surface area contributed by atoms with E-state index in [0.717, 1.165) is 28.6 Å². The highest BCUT2D eigenvalue weighted by atomic mass is 32.2. The van der Waals surface area contributed by atoms with Gasteiger partial charge in [-0.15, -0.1) is 0 Å². The van der Waals surface area contributed by atoms with Crippen molar-refractivity contribution in [2.24, 2.45) is 5.92 Å². The van der Waals surface area contributed by atoms with E-state index >= 15 is 0 Å². The van der Waals surface area contributed by atoms with Crippen LogP contribution in [0.25, 0.3) is 0 Å². The van der Waals surface area contributed by atoms with Gasteiger partial charge in [0.15, 0.2) is 0 Å². The van der Waals surface area contributed by atoms with Crippen molar-refractivity contribution >= 4 is 15.9 Å². The van der Waals surface area contributed by atoms with Crippen LogP contribution in [0.15, 0.2) is 53.4 Å². The van der Waals surface area contributed by atoms with E-state index in [9.17, 15) is 39.6 Å². The van der Waals surface area contributed by atoms with Crippen molar-refractivity contribution in [1.29, 1.82) is 0 Å². The van der Waals surface area contributed by atoms with Gasteiger partial charge in [0, 0.05) is 25.6 Å². The van der Waals surface area contributed by atoms with Crippen LogP contribution in [0.5, 0.6) is 0 Å². The molecule has 180 valence electrons. The van der Waals surface area contributed by atoms with Crippen molar-refractivity contribution in [3.8, 4) is 0 Å². The number of amides is 1. The molecular weight excluding hydrogens is 474 g/mol. The molecule has 1 aliphatic heterocycles. The molecule has 0 aromatic heterocycles. The first-order valence-electron chi connectivity index (χ1n) is 9.90. The Morgan fingerprint density at radius 1 is 0.909 bits per heavy atom. The summed E-state index contributed by atoms with van der Waals surface area (Å²) in [4.78, 5) is 11.6. The maximum absolute atomic E-state index is 13.2. The number of halogens is 6. The number of hydrogen-bond donors (Lipinski definition) is 1. The molecule has 2 aromatic carbocycles. The smallest absolute Gasteiger partial charge is 0.352 e. The van der Waals surface area contributed by atoms with Crippen molar-refractivity contribution in [3.05, 3.63) is 65.2 Å². The summed E-state index contributed by atoms with van der Waals surface area (Å²) >= 11 is 0. The van der Waals surface area contributed by atoms with Crippen molar-refractivity contribution in [2.75, 3.05) is 13.1 Å². The first-order chi connectivity index (χ1) is 15.3. The molecule has 1 saturated heterocycles. The summed E-state index contributed by atoms with van der Waals surface area (Å²) in [5.74, 6) is -0.966. The molecule has 1 fully saturated rings. The van der Waals surface area contributed by atoms with Crippen molar-refractivity contribution in [1.82, 2.24) is 9.62 Å². The van der Waals surface area contributed by atoms with Gasteiger partial charge in [-0.3, -0.25) is 4.79 Å². The van der Waals surface area contributed by atoms with E-state index in [2.05, 4.69) is 5.32 Å². The van der Waals surface area contributed by atoms with Crippen LogP contribution in [0.1, 0.15) is 29.5 Å². The van der Waals surface area contributed by atoms with E-state index in [-0.39, 0.29) is 32.5 Å². The molecule has 33 heavy (non-hydrogen) atoms. The second kappa shape index (κ2) is 9.34. The Morgan fingerprint density at radius 2 is 1.48 bits per heavy atom. The Bertz CT molecular complexity index is 1090. The predicted octanol–water partition coefficient (Wildman–Crippen LogP) is 4.44. The van der Waals surface area contributed by atoms with Gasteiger partial charge in [-0.1, -0.05) is 24.3 Å². The first-order valence-corrected chi connectivity index (χ1v) is 11.3. The summed E-state index contributed by atoms with van der Waals surface area (Å²) in [5, 5.41) is 2.60. The zero-order chi connectivity index (χ0) is 24.4. The summed E-state index contributed by atoms with van der Waals surface area (Å²) in [6.45, 7) is -0.270. The van der Waals surface area contributed by atoms with Crippen LogP contribution in [0.3, 0.4) is 0 Å². The lowest BCUT2D eigenvalue weighted by Gasteiger charge is -2.31. The van der Waals surface area contributed by atoms with Crippen molar-refractivity contribution in [3.63, 3.8) is 0 Å². The molecule has 0 radical (unpaired) electrons. The molecule has 12 heteroatoms. The number of benzene rings is 2. The molecule has 0 unspecified atom stereocenters. The van der Waals surface area contributed by atoms with Gasteiger partial charge in [0.2, 0.25) is 15.9 Å². The highest BCUT2D eigenvalue weighted by Crippen LogP contribution is 2.36. The van der Waals surface area contributed by atoms with Crippen LogP contribution < -0.4 is 5.32 Å². The molecule has 0 bridgehead atoms. The van der Waals surface area contributed by atoms with E-state index in [1.807, 2.05) is 0 Å². The molecule has 2 aromatic rings. The molecule has 0 aliphatic carbocycles. The standard InChI is InChI=1S/C21H20F6N2O3S/c22-20(23,24)16-7-5-14(6-8-16)13-28-19(30)15-9-11-29(12-10-15)33(31,32)18-4-2-1-3-17(18)21(25,26)27/h1-8,15H,9-13H2,(H,28,30). The van der Waals surface area contributed by atoms with Crippen LogP contribution in [0.4, 0.5) is 26.3 Å². The fourth-order valence-electron chi connectivity index (χ4n) is 3.57. The van der Waals surface area contributed by atoms with Gasteiger partial charge in [-0.2, -0.15) is 30.6 Å². The maximum Gasteiger partial charge on any atom is 0.417 e. The molecule has 0 atom stereocenters. The number of piperidine rings is 1. The Labute approximate surface area is 186 Å². The van der Waals surface area contributed by atoms with Crippen LogP contribution in [-0.4, -0.2) is 31.7 Å². The largest absolute Gasteiger partial charge is 0.417 e. The predicted molar refractivity (Wildman–Crippen MR) is 106 cm³/mol. The first kappa shape index (κ1) is 25.0. The van der Waals surface area contributed by atoms with Gasteiger partial charge < -0.3 is 5.32 Å². The van der Waals surface area contributed by atoms with Crippen LogP contribution in [0.2, 0.25) is 0 Å². The lowest BCUT2D eigenvalue weighted by atomic mass is 9.97. The average molecular weight is 494 g/mol. The monoisotopic (exact) mass is 494 g/mol. The van der Waals surface area contributed by atoms with Crippen LogP contribution >= 0.6 is 0 Å². The lowest BCUT2D eigenvalue weighted by molar-refractivity contribution is -0.140. The second-order valence-electron chi connectivity index (χ2n) is 7.58. The van der Waals surface area contributed by atoms with Gasteiger partial charge in [-0.25, -0.2) is 8.42 Å². The average Bonchev–Trinajstić information content (AvgIpc) is 2.76. The van der Waals surface area contributed by atoms with E-state index in [4.69, 9.17) is 0 Å². The van der Waals surface area contributed by atoms with Gasteiger partial charge >= 0.3 is 12.4 Å².